The van der Waals surface area contributed by atoms with E-state index < -0.39 is 0 Å². The van der Waals surface area contributed by atoms with Gasteiger partial charge in [-0.05, 0) is 27.3 Å². The van der Waals surface area contributed by atoms with E-state index in [4.69, 9.17) is 4.74 Å². The summed E-state index contributed by atoms with van der Waals surface area (Å²) in [4.78, 5) is 2.42. The molecule has 0 N–H and O–H groups in total. The van der Waals surface area contributed by atoms with E-state index >= 15 is 0 Å². The molecule has 1 aliphatic rings. The first kappa shape index (κ1) is 10.0. The Morgan fingerprint density at radius 3 is 2.50 bits per heavy atom. The lowest BCUT2D eigenvalue weighted by Crippen LogP contribution is -2.55. The number of hydrogen-bond donors (Lipinski definition) is 0. The van der Waals surface area contributed by atoms with Crippen LogP contribution in [0.2, 0.25) is 0 Å². The van der Waals surface area contributed by atoms with Crippen LogP contribution in [0.5, 0.6) is 0 Å². The molecule has 0 saturated carbocycles. The van der Waals surface area contributed by atoms with Crippen LogP contribution in [-0.2, 0) is 4.74 Å². The molecule has 0 amide bonds. The van der Waals surface area contributed by atoms with E-state index in [9.17, 15) is 0 Å². The van der Waals surface area contributed by atoms with Crippen LogP contribution in [0.4, 0.5) is 0 Å². The molecule has 0 aliphatic carbocycles. The van der Waals surface area contributed by atoms with Crippen molar-refractivity contribution in [3.8, 4) is 0 Å². The summed E-state index contributed by atoms with van der Waals surface area (Å²) in [5.74, 6) is 0.612. The molecule has 1 rings (SSSR count). The maximum absolute atomic E-state index is 5.46. The van der Waals surface area contributed by atoms with Gasteiger partial charge in [0, 0.05) is 25.1 Å². The summed E-state index contributed by atoms with van der Waals surface area (Å²) in [6, 6.07) is 0. The summed E-state index contributed by atoms with van der Waals surface area (Å²) in [7, 11) is 4.02. The van der Waals surface area contributed by atoms with Crippen molar-refractivity contribution >= 4 is 0 Å². The van der Waals surface area contributed by atoms with Crippen LogP contribution in [0.1, 0.15) is 27.2 Å². The molecule has 0 aromatic rings. The molecule has 72 valence electrons. The molecule has 0 bridgehead atoms. The maximum Gasteiger partial charge on any atom is 0.0626 e. The Hall–Kier alpha value is -0.0800. The highest BCUT2D eigenvalue weighted by Gasteiger charge is 2.39. The molecule has 1 fully saturated rings. The highest BCUT2D eigenvalue weighted by Crippen LogP contribution is 2.32. The van der Waals surface area contributed by atoms with E-state index in [1.807, 2.05) is 7.11 Å². The lowest BCUT2D eigenvalue weighted by atomic mass is 9.79. The largest absolute Gasteiger partial charge is 0.381 e. The Morgan fingerprint density at radius 1 is 1.42 bits per heavy atom. The highest BCUT2D eigenvalue weighted by atomic mass is 16.5. The zero-order valence-electron chi connectivity index (χ0n) is 8.92. The average molecular weight is 171 g/mol. The summed E-state index contributed by atoms with van der Waals surface area (Å²) in [6.45, 7) is 8.02. The van der Waals surface area contributed by atoms with Crippen molar-refractivity contribution in [2.24, 2.45) is 5.92 Å². The fraction of sp³-hybridized carbons (Fsp3) is 1.00. The number of hydrogen-bond acceptors (Lipinski definition) is 2. The summed E-state index contributed by atoms with van der Waals surface area (Å²) >= 11 is 0. The minimum Gasteiger partial charge on any atom is -0.381 e. The van der Waals surface area contributed by atoms with Crippen molar-refractivity contribution in [2.45, 2.75) is 38.8 Å². The molecule has 0 radical (unpaired) electrons. The lowest BCUT2D eigenvalue weighted by molar-refractivity contribution is -0.0608. The van der Waals surface area contributed by atoms with Gasteiger partial charge in [-0.1, -0.05) is 6.92 Å². The van der Waals surface area contributed by atoms with Crippen molar-refractivity contribution in [3.05, 3.63) is 0 Å². The molecule has 2 heteroatoms. The quantitative estimate of drug-likeness (QED) is 0.596. The third-order valence-corrected chi connectivity index (χ3v) is 3.71. The van der Waals surface area contributed by atoms with Crippen LogP contribution in [0.15, 0.2) is 0 Å². The molecule has 2 unspecified atom stereocenters. The number of methoxy groups -OCH3 is 1. The molecule has 0 aromatic heterocycles. The van der Waals surface area contributed by atoms with Gasteiger partial charge in [-0.15, -0.1) is 0 Å². The number of rotatable bonds is 1. The Kier molecular flexibility index (Phi) is 2.79. The van der Waals surface area contributed by atoms with Gasteiger partial charge in [0.2, 0.25) is 0 Å². The molecule has 1 heterocycles. The Bertz CT molecular complexity index is 156. The molecule has 0 spiro atoms. The van der Waals surface area contributed by atoms with E-state index in [1.165, 1.54) is 0 Å². The second-order valence-corrected chi connectivity index (χ2v) is 4.43. The van der Waals surface area contributed by atoms with Crippen molar-refractivity contribution in [1.82, 2.24) is 4.90 Å². The van der Waals surface area contributed by atoms with E-state index in [1.54, 1.807) is 0 Å². The van der Waals surface area contributed by atoms with Crippen LogP contribution in [0.25, 0.3) is 0 Å². The molecular formula is C10H21NO. The molecule has 1 saturated heterocycles. The summed E-state index contributed by atoms with van der Waals surface area (Å²) < 4.78 is 5.46. The van der Waals surface area contributed by atoms with Gasteiger partial charge in [0.1, 0.15) is 0 Å². The van der Waals surface area contributed by atoms with E-state index in [2.05, 4.69) is 32.7 Å². The first-order valence-corrected chi connectivity index (χ1v) is 4.74. The fourth-order valence-electron chi connectivity index (χ4n) is 1.98. The number of ether oxygens (including phenoxy) is 1. The molecule has 0 aromatic carbocycles. The number of likely N-dealkylation sites (tertiary alicyclic amines) is 1. The van der Waals surface area contributed by atoms with Gasteiger partial charge in [-0.2, -0.15) is 0 Å². The van der Waals surface area contributed by atoms with Crippen LogP contribution in [-0.4, -0.2) is 37.2 Å². The van der Waals surface area contributed by atoms with E-state index in [0.29, 0.717) is 12.0 Å². The van der Waals surface area contributed by atoms with Gasteiger partial charge in [-0.25, -0.2) is 0 Å². The van der Waals surface area contributed by atoms with Gasteiger partial charge < -0.3 is 9.64 Å². The SMILES string of the molecule is COC1CCN(C)C(C)(C)C1C. The zero-order valence-corrected chi connectivity index (χ0v) is 8.92. The highest BCUT2D eigenvalue weighted by molar-refractivity contribution is 4.93. The van der Waals surface area contributed by atoms with Crippen LogP contribution < -0.4 is 0 Å². The first-order valence-electron chi connectivity index (χ1n) is 4.74. The summed E-state index contributed by atoms with van der Waals surface area (Å²) in [6.07, 6.45) is 1.61. The first-order chi connectivity index (χ1) is 5.50. The number of piperidine rings is 1. The maximum atomic E-state index is 5.46. The van der Waals surface area contributed by atoms with Gasteiger partial charge in [-0.3, -0.25) is 0 Å². The molecular weight excluding hydrogens is 150 g/mol. The number of nitrogens with zero attached hydrogens (tertiary/aromatic N) is 1. The normalized spacial score (nSPS) is 36.8. The van der Waals surface area contributed by atoms with Crippen LogP contribution >= 0.6 is 0 Å². The smallest absolute Gasteiger partial charge is 0.0626 e. The minimum atomic E-state index is 0.277. The third kappa shape index (κ3) is 1.50. The van der Waals surface area contributed by atoms with Crippen molar-refractivity contribution < 1.29 is 4.74 Å². The Morgan fingerprint density at radius 2 is 2.00 bits per heavy atom. The molecule has 2 nitrogen and oxygen atoms in total. The molecule has 1 aliphatic heterocycles. The zero-order chi connectivity index (χ0) is 9.35. The lowest BCUT2D eigenvalue weighted by Gasteiger charge is -2.48. The monoisotopic (exact) mass is 171 g/mol. The van der Waals surface area contributed by atoms with Crippen molar-refractivity contribution in [2.75, 3.05) is 20.7 Å². The van der Waals surface area contributed by atoms with Gasteiger partial charge in [0.05, 0.1) is 6.10 Å². The minimum absolute atomic E-state index is 0.277. The van der Waals surface area contributed by atoms with E-state index in [-0.39, 0.29) is 5.54 Å². The van der Waals surface area contributed by atoms with Gasteiger partial charge in [0.25, 0.3) is 0 Å². The molecule has 12 heavy (non-hydrogen) atoms. The van der Waals surface area contributed by atoms with Gasteiger partial charge in [0.15, 0.2) is 0 Å². The third-order valence-electron chi connectivity index (χ3n) is 3.71. The predicted molar refractivity (Wildman–Crippen MR) is 51.3 cm³/mol. The predicted octanol–water partition coefficient (Wildman–Crippen LogP) is 1.75. The average Bonchev–Trinajstić information content (AvgIpc) is 2.02. The summed E-state index contributed by atoms with van der Waals surface area (Å²) in [5.41, 5.74) is 0.277. The Labute approximate surface area is 75.9 Å². The topological polar surface area (TPSA) is 12.5 Å². The fourth-order valence-corrected chi connectivity index (χ4v) is 1.98. The van der Waals surface area contributed by atoms with E-state index in [0.717, 1.165) is 13.0 Å². The van der Waals surface area contributed by atoms with Crippen molar-refractivity contribution in [1.29, 1.82) is 0 Å². The van der Waals surface area contributed by atoms with Crippen LogP contribution in [0, 0.1) is 5.92 Å². The van der Waals surface area contributed by atoms with Crippen molar-refractivity contribution in [3.63, 3.8) is 0 Å². The second kappa shape index (κ2) is 3.35. The van der Waals surface area contributed by atoms with Gasteiger partial charge >= 0.3 is 0 Å². The van der Waals surface area contributed by atoms with Crippen LogP contribution in [0.3, 0.4) is 0 Å². The second-order valence-electron chi connectivity index (χ2n) is 4.43. The standard InChI is InChI=1S/C10H21NO/c1-8-9(12-5)6-7-11(4)10(8,2)3/h8-9H,6-7H2,1-5H3. The molecule has 2 atom stereocenters. The Balaban J connectivity index is 2.71. The summed E-state index contributed by atoms with van der Waals surface area (Å²) in [5, 5.41) is 0.